The summed E-state index contributed by atoms with van der Waals surface area (Å²) in [5, 5.41) is 10.1. The first-order valence-electron chi connectivity index (χ1n) is 7.48. The van der Waals surface area contributed by atoms with Crippen LogP contribution in [0.5, 0.6) is 0 Å². The minimum Gasteiger partial charge on any atom is -0.300 e. The van der Waals surface area contributed by atoms with Crippen LogP contribution < -0.4 is 10.0 Å². The molecule has 0 aliphatic rings. The standard InChI is InChI=1S/C15H20N4O3S2/c1-10(2)13(20)17-14-18-19-15(23-14)24(21,22)16-9-11(3)12-7-5-4-6-8-12/h4-8,10-11,16H,9H2,1-3H3,(H,17,18,20)/t11-/m1/s1. The summed E-state index contributed by atoms with van der Waals surface area (Å²) >= 11 is 0.828. The average Bonchev–Trinajstić information content (AvgIpc) is 3.03. The molecular formula is C15H20N4O3S2. The van der Waals surface area contributed by atoms with Crippen LogP contribution in [0, 0.1) is 5.92 Å². The number of anilines is 1. The smallest absolute Gasteiger partial charge is 0.269 e. The molecular weight excluding hydrogens is 348 g/mol. The van der Waals surface area contributed by atoms with Crippen LogP contribution in [0.4, 0.5) is 5.13 Å². The second-order valence-corrected chi connectivity index (χ2v) is 8.60. The Labute approximate surface area is 145 Å². The van der Waals surface area contributed by atoms with Crippen molar-refractivity contribution >= 4 is 32.4 Å². The fourth-order valence-electron chi connectivity index (χ4n) is 1.81. The topological polar surface area (TPSA) is 101 Å². The first kappa shape index (κ1) is 18.5. The number of aromatic nitrogens is 2. The predicted octanol–water partition coefficient (Wildman–Crippen LogP) is 2.21. The van der Waals surface area contributed by atoms with Crippen LogP contribution >= 0.6 is 11.3 Å². The van der Waals surface area contributed by atoms with E-state index in [0.717, 1.165) is 16.9 Å². The lowest BCUT2D eigenvalue weighted by Gasteiger charge is -2.12. The van der Waals surface area contributed by atoms with Crippen molar-refractivity contribution in [3.05, 3.63) is 35.9 Å². The van der Waals surface area contributed by atoms with Gasteiger partial charge < -0.3 is 5.32 Å². The van der Waals surface area contributed by atoms with Gasteiger partial charge in [-0.25, -0.2) is 13.1 Å². The molecule has 0 saturated heterocycles. The molecule has 1 heterocycles. The van der Waals surface area contributed by atoms with E-state index >= 15 is 0 Å². The van der Waals surface area contributed by atoms with Crippen LogP contribution in [0.15, 0.2) is 34.7 Å². The van der Waals surface area contributed by atoms with E-state index in [1.54, 1.807) is 13.8 Å². The van der Waals surface area contributed by atoms with Crippen LogP contribution in [0.2, 0.25) is 0 Å². The zero-order valence-corrected chi connectivity index (χ0v) is 15.3. The third-order valence-corrected chi connectivity index (χ3v) is 5.97. The molecule has 2 aromatic rings. The van der Waals surface area contributed by atoms with Gasteiger partial charge in [-0.2, -0.15) is 0 Å². The fourth-order valence-corrected chi connectivity index (χ4v) is 3.89. The van der Waals surface area contributed by atoms with Crippen molar-refractivity contribution in [1.82, 2.24) is 14.9 Å². The van der Waals surface area contributed by atoms with Gasteiger partial charge in [0.25, 0.3) is 10.0 Å². The van der Waals surface area contributed by atoms with Gasteiger partial charge in [-0.3, -0.25) is 4.79 Å². The summed E-state index contributed by atoms with van der Waals surface area (Å²) in [6, 6.07) is 9.63. The van der Waals surface area contributed by atoms with Crippen molar-refractivity contribution < 1.29 is 13.2 Å². The Bertz CT molecular complexity index is 788. The highest BCUT2D eigenvalue weighted by molar-refractivity contribution is 7.91. The Kier molecular flexibility index (Phi) is 6.03. The molecule has 1 amide bonds. The van der Waals surface area contributed by atoms with E-state index in [-0.39, 0.29) is 33.8 Å². The summed E-state index contributed by atoms with van der Waals surface area (Å²) < 4.78 is 26.9. The number of hydrogen-bond donors (Lipinski definition) is 2. The minimum absolute atomic E-state index is 0.0222. The number of amides is 1. The van der Waals surface area contributed by atoms with E-state index in [1.807, 2.05) is 37.3 Å². The third kappa shape index (κ3) is 4.83. The van der Waals surface area contributed by atoms with Gasteiger partial charge in [-0.1, -0.05) is 62.4 Å². The van der Waals surface area contributed by atoms with E-state index < -0.39 is 10.0 Å². The maximum Gasteiger partial charge on any atom is 0.269 e. The molecule has 0 fully saturated rings. The summed E-state index contributed by atoms with van der Waals surface area (Å²) in [7, 11) is -3.75. The maximum absolute atomic E-state index is 12.3. The Morgan fingerprint density at radius 2 is 1.83 bits per heavy atom. The molecule has 7 nitrogen and oxygen atoms in total. The molecule has 0 radical (unpaired) electrons. The molecule has 24 heavy (non-hydrogen) atoms. The first-order valence-corrected chi connectivity index (χ1v) is 9.78. The summed E-state index contributed by atoms with van der Waals surface area (Å²) in [6.45, 7) is 5.66. The van der Waals surface area contributed by atoms with Crippen LogP contribution in [-0.4, -0.2) is 31.1 Å². The lowest BCUT2D eigenvalue weighted by Crippen LogP contribution is -2.27. The predicted molar refractivity (Wildman–Crippen MR) is 93.4 cm³/mol. The Balaban J connectivity index is 2.00. The molecule has 0 saturated carbocycles. The van der Waals surface area contributed by atoms with E-state index in [9.17, 15) is 13.2 Å². The van der Waals surface area contributed by atoms with Crippen molar-refractivity contribution in [2.75, 3.05) is 11.9 Å². The van der Waals surface area contributed by atoms with Crippen molar-refractivity contribution in [3.63, 3.8) is 0 Å². The highest BCUT2D eigenvalue weighted by atomic mass is 32.2. The van der Waals surface area contributed by atoms with E-state index in [1.165, 1.54) is 0 Å². The van der Waals surface area contributed by atoms with E-state index in [4.69, 9.17) is 0 Å². The Morgan fingerprint density at radius 1 is 1.17 bits per heavy atom. The summed E-state index contributed by atoms with van der Waals surface area (Å²) in [6.07, 6.45) is 0. The molecule has 0 bridgehead atoms. The van der Waals surface area contributed by atoms with E-state index in [2.05, 4.69) is 20.2 Å². The minimum atomic E-state index is -3.75. The molecule has 1 atom stereocenters. The largest absolute Gasteiger partial charge is 0.300 e. The number of benzene rings is 1. The van der Waals surface area contributed by atoms with E-state index in [0.29, 0.717) is 0 Å². The number of hydrogen-bond acceptors (Lipinski definition) is 6. The van der Waals surface area contributed by atoms with Gasteiger partial charge >= 0.3 is 0 Å². The number of carbonyl (C=O) groups is 1. The molecule has 0 aliphatic carbocycles. The monoisotopic (exact) mass is 368 g/mol. The number of sulfonamides is 1. The molecule has 1 aromatic carbocycles. The summed E-state index contributed by atoms with van der Waals surface area (Å²) in [4.78, 5) is 11.6. The number of nitrogens with zero attached hydrogens (tertiary/aromatic N) is 2. The van der Waals surface area contributed by atoms with Gasteiger partial charge in [-0.15, -0.1) is 10.2 Å². The second kappa shape index (κ2) is 7.82. The molecule has 1 aromatic heterocycles. The normalized spacial score (nSPS) is 13.0. The first-order chi connectivity index (χ1) is 11.3. The van der Waals surface area contributed by atoms with Gasteiger partial charge in [0.1, 0.15) is 0 Å². The van der Waals surface area contributed by atoms with Crippen LogP contribution in [0.25, 0.3) is 0 Å². The lowest BCUT2D eigenvalue weighted by molar-refractivity contribution is -0.118. The number of rotatable bonds is 7. The van der Waals surface area contributed by atoms with Crippen molar-refractivity contribution in [2.45, 2.75) is 31.0 Å². The quantitative estimate of drug-likeness (QED) is 0.730. The Morgan fingerprint density at radius 3 is 2.46 bits per heavy atom. The third-order valence-electron chi connectivity index (χ3n) is 3.34. The SMILES string of the molecule is CC(C)C(=O)Nc1nnc(S(=O)(=O)NC[C@@H](C)c2ccccc2)s1. The maximum atomic E-state index is 12.3. The molecule has 9 heteroatoms. The molecule has 0 aliphatic heterocycles. The highest BCUT2D eigenvalue weighted by Gasteiger charge is 2.22. The molecule has 2 N–H and O–H groups in total. The Hall–Kier alpha value is -1.84. The van der Waals surface area contributed by atoms with Crippen molar-refractivity contribution in [1.29, 1.82) is 0 Å². The van der Waals surface area contributed by atoms with Gasteiger partial charge in [0.05, 0.1) is 0 Å². The highest BCUT2D eigenvalue weighted by Crippen LogP contribution is 2.21. The van der Waals surface area contributed by atoms with Crippen LogP contribution in [0.1, 0.15) is 32.3 Å². The van der Waals surface area contributed by atoms with Gasteiger partial charge in [-0.05, 0) is 11.5 Å². The van der Waals surface area contributed by atoms with Crippen molar-refractivity contribution in [3.8, 4) is 0 Å². The average molecular weight is 368 g/mol. The summed E-state index contributed by atoms with van der Waals surface area (Å²) in [5.74, 6) is -0.437. The van der Waals surface area contributed by atoms with Crippen molar-refractivity contribution in [2.24, 2.45) is 5.92 Å². The van der Waals surface area contributed by atoms with Crippen LogP contribution in [0.3, 0.4) is 0 Å². The number of nitrogens with one attached hydrogen (secondary N) is 2. The van der Waals surface area contributed by atoms with Gasteiger partial charge in [0.15, 0.2) is 0 Å². The second-order valence-electron chi connectivity index (χ2n) is 5.68. The van der Waals surface area contributed by atoms with Gasteiger partial charge in [0, 0.05) is 12.5 Å². The molecule has 2 rings (SSSR count). The zero-order valence-electron chi connectivity index (χ0n) is 13.7. The lowest BCUT2D eigenvalue weighted by atomic mass is 10.0. The fraction of sp³-hybridized carbons (Fsp3) is 0.400. The summed E-state index contributed by atoms with van der Waals surface area (Å²) in [5.41, 5.74) is 1.04. The molecule has 130 valence electrons. The van der Waals surface area contributed by atoms with Gasteiger partial charge in [0.2, 0.25) is 15.4 Å². The van der Waals surface area contributed by atoms with Crippen LogP contribution in [-0.2, 0) is 14.8 Å². The zero-order chi connectivity index (χ0) is 17.7. The molecule has 0 spiro atoms. The number of carbonyl (C=O) groups excluding carboxylic acids is 1. The molecule has 0 unspecified atom stereocenters.